The van der Waals surface area contributed by atoms with Crippen LogP contribution < -0.4 is 5.32 Å². The molecule has 0 saturated heterocycles. The molecule has 0 saturated carbocycles. The average molecular weight is 259 g/mol. The number of benzene rings is 1. The third kappa shape index (κ3) is 1.95. The van der Waals surface area contributed by atoms with Crippen molar-refractivity contribution in [1.29, 1.82) is 0 Å². The number of carbonyl (C=O) groups is 1. The summed E-state index contributed by atoms with van der Waals surface area (Å²) in [6, 6.07) is 4.57. The molecular formula is C12H10FN5O. The molecule has 7 heteroatoms. The molecule has 0 unspecified atom stereocenters. The summed E-state index contributed by atoms with van der Waals surface area (Å²) in [5.74, 6) is -0.653. The lowest BCUT2D eigenvalue weighted by Gasteiger charge is -2.00. The fraction of sp³-hybridized carbons (Fsp3) is 0.0833. The van der Waals surface area contributed by atoms with Crippen molar-refractivity contribution in [1.82, 2.24) is 20.0 Å². The third-order valence-corrected chi connectivity index (χ3v) is 2.74. The van der Waals surface area contributed by atoms with Crippen molar-refractivity contribution >= 4 is 22.6 Å². The van der Waals surface area contributed by atoms with Crippen LogP contribution in [0.3, 0.4) is 0 Å². The van der Waals surface area contributed by atoms with Gasteiger partial charge in [-0.1, -0.05) is 6.07 Å². The third-order valence-electron chi connectivity index (χ3n) is 2.74. The van der Waals surface area contributed by atoms with Crippen LogP contribution >= 0.6 is 0 Å². The van der Waals surface area contributed by atoms with E-state index in [0.29, 0.717) is 11.1 Å². The standard InChI is InChI=1S/C12H10FN5O/c1-18-6-7(5-14-18)12(19)15-11-10-8(13)3-2-4-9(10)16-17-11/h2-6H,1H3,(H2,15,16,17,19). The summed E-state index contributed by atoms with van der Waals surface area (Å²) in [7, 11) is 1.71. The molecule has 0 radical (unpaired) electrons. The number of nitrogens with one attached hydrogen (secondary N) is 2. The van der Waals surface area contributed by atoms with Gasteiger partial charge in [0.1, 0.15) is 5.82 Å². The van der Waals surface area contributed by atoms with Crippen molar-refractivity contribution in [2.45, 2.75) is 0 Å². The highest BCUT2D eigenvalue weighted by Gasteiger charge is 2.14. The van der Waals surface area contributed by atoms with Crippen LogP contribution in [0.25, 0.3) is 10.9 Å². The van der Waals surface area contributed by atoms with E-state index in [9.17, 15) is 9.18 Å². The van der Waals surface area contributed by atoms with Crippen molar-refractivity contribution in [3.63, 3.8) is 0 Å². The molecule has 0 atom stereocenters. The monoisotopic (exact) mass is 259 g/mol. The lowest BCUT2D eigenvalue weighted by Crippen LogP contribution is -2.11. The quantitative estimate of drug-likeness (QED) is 0.735. The second kappa shape index (κ2) is 4.20. The first-order chi connectivity index (χ1) is 9.15. The van der Waals surface area contributed by atoms with E-state index in [-0.39, 0.29) is 17.1 Å². The molecule has 3 rings (SSSR count). The van der Waals surface area contributed by atoms with Gasteiger partial charge < -0.3 is 5.32 Å². The number of anilines is 1. The van der Waals surface area contributed by atoms with E-state index in [1.54, 1.807) is 25.4 Å². The van der Waals surface area contributed by atoms with E-state index >= 15 is 0 Å². The van der Waals surface area contributed by atoms with Crippen molar-refractivity contribution in [3.05, 3.63) is 42.0 Å². The fourth-order valence-electron chi connectivity index (χ4n) is 1.84. The summed E-state index contributed by atoms with van der Waals surface area (Å²) >= 11 is 0. The van der Waals surface area contributed by atoms with Gasteiger partial charge in [-0.05, 0) is 12.1 Å². The summed E-state index contributed by atoms with van der Waals surface area (Å²) in [5, 5.41) is 13.3. The second-order valence-electron chi connectivity index (χ2n) is 4.09. The van der Waals surface area contributed by atoms with Gasteiger partial charge in [-0.15, -0.1) is 0 Å². The average Bonchev–Trinajstić information content (AvgIpc) is 2.97. The predicted molar refractivity (Wildman–Crippen MR) is 67.2 cm³/mol. The molecule has 3 aromatic rings. The highest BCUT2D eigenvalue weighted by Crippen LogP contribution is 2.23. The van der Waals surface area contributed by atoms with Crippen LogP contribution in [0.4, 0.5) is 10.2 Å². The first kappa shape index (κ1) is 11.4. The Morgan fingerprint density at radius 2 is 2.32 bits per heavy atom. The second-order valence-corrected chi connectivity index (χ2v) is 4.09. The summed E-state index contributed by atoms with van der Waals surface area (Å²) in [6.07, 6.45) is 3.00. The summed E-state index contributed by atoms with van der Waals surface area (Å²) < 4.78 is 15.2. The number of nitrogens with zero attached hydrogens (tertiary/aromatic N) is 3. The van der Waals surface area contributed by atoms with Crippen LogP contribution in [0.1, 0.15) is 10.4 Å². The number of hydrogen-bond donors (Lipinski definition) is 2. The Labute approximate surface area is 107 Å². The molecule has 2 aromatic heterocycles. The minimum absolute atomic E-state index is 0.168. The molecule has 0 aliphatic carbocycles. The molecule has 0 fully saturated rings. The zero-order valence-corrected chi connectivity index (χ0v) is 10.0. The molecule has 2 heterocycles. The number of halogens is 1. The van der Waals surface area contributed by atoms with Gasteiger partial charge >= 0.3 is 0 Å². The van der Waals surface area contributed by atoms with E-state index in [2.05, 4.69) is 20.6 Å². The fourth-order valence-corrected chi connectivity index (χ4v) is 1.84. The van der Waals surface area contributed by atoms with Crippen molar-refractivity contribution < 1.29 is 9.18 Å². The number of aryl methyl sites for hydroxylation is 1. The van der Waals surface area contributed by atoms with Crippen LogP contribution in [0.2, 0.25) is 0 Å². The molecule has 2 N–H and O–H groups in total. The summed E-state index contributed by atoms with van der Waals surface area (Å²) in [6.45, 7) is 0. The molecule has 6 nitrogen and oxygen atoms in total. The highest BCUT2D eigenvalue weighted by molar-refractivity contribution is 6.07. The van der Waals surface area contributed by atoms with E-state index in [4.69, 9.17) is 0 Å². The Balaban J connectivity index is 1.96. The number of carbonyl (C=O) groups excluding carboxylic acids is 1. The maximum atomic E-state index is 13.7. The van der Waals surface area contributed by atoms with Crippen LogP contribution in [0.5, 0.6) is 0 Å². The zero-order chi connectivity index (χ0) is 13.4. The van der Waals surface area contributed by atoms with E-state index in [0.717, 1.165) is 0 Å². The molecule has 96 valence electrons. The number of hydrogen-bond acceptors (Lipinski definition) is 3. The van der Waals surface area contributed by atoms with Crippen molar-refractivity contribution in [2.24, 2.45) is 7.05 Å². The molecule has 19 heavy (non-hydrogen) atoms. The minimum Gasteiger partial charge on any atom is -0.304 e. The Bertz CT molecular complexity index is 760. The first-order valence-electron chi connectivity index (χ1n) is 5.58. The molecule has 0 aliphatic heterocycles. The van der Waals surface area contributed by atoms with Gasteiger partial charge in [0.15, 0.2) is 5.82 Å². The first-order valence-corrected chi connectivity index (χ1v) is 5.58. The Hall–Kier alpha value is -2.70. The molecular weight excluding hydrogens is 249 g/mol. The van der Waals surface area contributed by atoms with Crippen LogP contribution in [-0.2, 0) is 7.05 Å². The maximum absolute atomic E-state index is 13.7. The van der Waals surface area contributed by atoms with Crippen molar-refractivity contribution in [3.8, 4) is 0 Å². The van der Waals surface area contributed by atoms with Gasteiger partial charge in [0.2, 0.25) is 0 Å². The number of H-pyrrole nitrogens is 1. The number of fused-ring (bicyclic) bond motifs is 1. The molecule has 0 bridgehead atoms. The van der Waals surface area contributed by atoms with Crippen molar-refractivity contribution in [2.75, 3.05) is 5.32 Å². The van der Waals surface area contributed by atoms with Gasteiger partial charge in [0, 0.05) is 13.2 Å². The Morgan fingerprint density at radius 3 is 3.05 bits per heavy atom. The molecule has 0 aliphatic rings. The van der Waals surface area contributed by atoms with Crippen LogP contribution in [0.15, 0.2) is 30.6 Å². The zero-order valence-electron chi connectivity index (χ0n) is 10.0. The van der Waals surface area contributed by atoms with Gasteiger partial charge in [-0.3, -0.25) is 14.6 Å². The molecule has 0 spiro atoms. The Kier molecular flexibility index (Phi) is 2.52. The van der Waals surface area contributed by atoms with Crippen LogP contribution in [0, 0.1) is 5.82 Å². The predicted octanol–water partition coefficient (Wildman–Crippen LogP) is 1.69. The number of amides is 1. The maximum Gasteiger partial charge on any atom is 0.260 e. The van der Waals surface area contributed by atoms with Gasteiger partial charge in [-0.2, -0.15) is 10.2 Å². The Morgan fingerprint density at radius 1 is 1.47 bits per heavy atom. The van der Waals surface area contributed by atoms with Gasteiger partial charge in [0.25, 0.3) is 5.91 Å². The normalized spacial score (nSPS) is 10.8. The largest absolute Gasteiger partial charge is 0.304 e. The van der Waals surface area contributed by atoms with Gasteiger partial charge in [-0.25, -0.2) is 4.39 Å². The number of rotatable bonds is 2. The smallest absolute Gasteiger partial charge is 0.260 e. The number of aromatic nitrogens is 4. The SMILES string of the molecule is Cn1cc(C(=O)Nc2n[nH]c3cccc(F)c23)cn1. The van der Waals surface area contributed by atoms with E-state index in [1.807, 2.05) is 0 Å². The van der Waals surface area contributed by atoms with Gasteiger partial charge in [0.05, 0.1) is 22.7 Å². The van der Waals surface area contributed by atoms with E-state index < -0.39 is 5.82 Å². The number of aromatic amines is 1. The molecule has 1 amide bonds. The van der Waals surface area contributed by atoms with E-state index in [1.165, 1.54) is 16.9 Å². The lowest BCUT2D eigenvalue weighted by atomic mass is 10.2. The van der Waals surface area contributed by atoms with Crippen LogP contribution in [-0.4, -0.2) is 25.9 Å². The highest BCUT2D eigenvalue weighted by atomic mass is 19.1. The lowest BCUT2D eigenvalue weighted by molar-refractivity contribution is 0.102. The minimum atomic E-state index is -0.437. The summed E-state index contributed by atoms with van der Waals surface area (Å²) in [5.41, 5.74) is 0.913. The topological polar surface area (TPSA) is 75.6 Å². The molecule has 1 aromatic carbocycles. The summed E-state index contributed by atoms with van der Waals surface area (Å²) in [4.78, 5) is 11.9.